The Morgan fingerprint density at radius 2 is 1.50 bits per heavy atom. The lowest BCUT2D eigenvalue weighted by atomic mass is 10.1. The highest BCUT2D eigenvalue weighted by molar-refractivity contribution is 6.05. The number of halogens is 4. The lowest BCUT2D eigenvalue weighted by Crippen LogP contribution is -2.03. The summed E-state index contributed by atoms with van der Waals surface area (Å²) in [5, 5.41) is 0.585. The average Bonchev–Trinajstić information content (AvgIpc) is 2.62. The van der Waals surface area contributed by atoms with Gasteiger partial charge in [0, 0.05) is 12.1 Å². The summed E-state index contributed by atoms with van der Waals surface area (Å²) in [4.78, 5) is 0. The first-order chi connectivity index (χ1) is 8.48. The normalized spacial score (nSPS) is 12.4. The van der Waals surface area contributed by atoms with Crippen LogP contribution in [-0.2, 0) is 6.36 Å². The second kappa shape index (κ2) is 3.48. The molecule has 3 aromatic rings. The van der Waals surface area contributed by atoms with Gasteiger partial charge in [-0.25, -0.2) is 4.39 Å². The number of hydrogen-bond donors (Lipinski definition) is 0. The Morgan fingerprint density at radius 3 is 2.22 bits per heavy atom. The maximum atomic E-state index is 13.2. The summed E-state index contributed by atoms with van der Waals surface area (Å²) in [6, 6.07) is 9.23. The summed E-state index contributed by atoms with van der Waals surface area (Å²) < 4.78 is 53.4. The SMILES string of the molecule is Fc1ccc2c(c1)c1ccccc1[o+]2C(F)(F)F. The summed E-state index contributed by atoms with van der Waals surface area (Å²) >= 11 is 0. The van der Waals surface area contributed by atoms with Gasteiger partial charge < -0.3 is 4.05 Å². The molecule has 0 bridgehead atoms. The van der Waals surface area contributed by atoms with Crippen LogP contribution in [0.3, 0.4) is 0 Å². The molecule has 0 fully saturated rings. The molecule has 1 nitrogen and oxygen atoms in total. The average molecular weight is 255 g/mol. The molecule has 0 N–H and O–H groups in total. The number of para-hydroxylation sites is 1. The number of benzene rings is 2. The Bertz CT molecular complexity index is 740. The number of furan rings is 1. The van der Waals surface area contributed by atoms with Crippen LogP contribution in [0.25, 0.3) is 21.9 Å². The van der Waals surface area contributed by atoms with Crippen LogP contribution in [0.15, 0.2) is 46.5 Å². The fourth-order valence-electron chi connectivity index (χ4n) is 2.13. The van der Waals surface area contributed by atoms with Crippen LogP contribution in [0.5, 0.6) is 0 Å². The summed E-state index contributed by atoms with van der Waals surface area (Å²) in [6.45, 7) is 0. The Balaban J connectivity index is 2.58. The quantitative estimate of drug-likeness (QED) is 0.397. The number of rotatable bonds is 0. The van der Waals surface area contributed by atoms with Crippen LogP contribution in [-0.4, -0.2) is 0 Å². The largest absolute Gasteiger partial charge is 0.701 e. The molecule has 0 spiro atoms. The van der Waals surface area contributed by atoms with Crippen molar-refractivity contribution in [1.29, 1.82) is 0 Å². The minimum Gasteiger partial charge on any atom is -0.451 e. The third-order valence-corrected chi connectivity index (χ3v) is 2.79. The van der Waals surface area contributed by atoms with Gasteiger partial charge in [-0.05, 0) is 18.2 Å². The van der Waals surface area contributed by atoms with Gasteiger partial charge in [0.15, 0.2) is 0 Å². The van der Waals surface area contributed by atoms with Crippen molar-refractivity contribution in [2.75, 3.05) is 0 Å². The van der Waals surface area contributed by atoms with Gasteiger partial charge in [0.2, 0.25) is 0 Å². The predicted octanol–water partition coefficient (Wildman–Crippen LogP) is 4.89. The molecular weight excluding hydrogens is 248 g/mol. The molecule has 92 valence electrons. The first-order valence-corrected chi connectivity index (χ1v) is 5.18. The Labute approximate surface area is 98.9 Å². The van der Waals surface area contributed by atoms with E-state index in [1.54, 1.807) is 6.07 Å². The minimum absolute atomic E-state index is 0.0504. The lowest BCUT2D eigenvalue weighted by molar-refractivity contribution is -0.354. The topological polar surface area (TPSA) is 2.70 Å². The second-order valence-electron chi connectivity index (χ2n) is 3.89. The summed E-state index contributed by atoms with van der Waals surface area (Å²) in [7, 11) is 0. The molecule has 18 heavy (non-hydrogen) atoms. The maximum absolute atomic E-state index is 13.2. The molecule has 0 unspecified atom stereocenters. The van der Waals surface area contributed by atoms with Crippen molar-refractivity contribution in [1.82, 2.24) is 0 Å². The molecule has 0 atom stereocenters. The van der Waals surface area contributed by atoms with Gasteiger partial charge in [-0.15, -0.1) is 0 Å². The Morgan fingerprint density at radius 1 is 0.833 bits per heavy atom. The summed E-state index contributed by atoms with van der Waals surface area (Å²) in [6.07, 6.45) is -4.61. The standard InChI is InChI=1S/C13H7F4O/c14-8-5-6-12-10(7-8)9-3-1-2-4-11(9)18(12)13(15,16)17/h1-7H/q+1. The van der Waals surface area contributed by atoms with E-state index in [1.807, 2.05) is 0 Å². The zero-order valence-electron chi connectivity index (χ0n) is 8.96. The highest BCUT2D eigenvalue weighted by atomic mass is 19.4. The van der Waals surface area contributed by atoms with Gasteiger partial charge in [-0.3, -0.25) is 0 Å². The molecule has 0 amide bonds. The van der Waals surface area contributed by atoms with Crippen molar-refractivity contribution in [2.45, 2.75) is 6.36 Å². The van der Waals surface area contributed by atoms with Gasteiger partial charge in [0.1, 0.15) is 5.82 Å². The second-order valence-corrected chi connectivity index (χ2v) is 3.89. The van der Waals surface area contributed by atoms with E-state index >= 15 is 0 Å². The van der Waals surface area contributed by atoms with Gasteiger partial charge in [-0.1, -0.05) is 25.3 Å². The highest BCUT2D eigenvalue weighted by Crippen LogP contribution is 2.43. The number of hydrogen-bond acceptors (Lipinski definition) is 0. The monoisotopic (exact) mass is 255 g/mol. The fraction of sp³-hybridized carbons (Fsp3) is 0.0769. The molecule has 0 aliphatic heterocycles. The first-order valence-electron chi connectivity index (χ1n) is 5.18. The highest BCUT2D eigenvalue weighted by Gasteiger charge is 2.44. The van der Waals surface area contributed by atoms with E-state index in [1.165, 1.54) is 22.2 Å². The number of alkyl halides is 3. The van der Waals surface area contributed by atoms with Crippen LogP contribution in [0, 0.1) is 5.82 Å². The van der Waals surface area contributed by atoms with E-state index in [0.717, 1.165) is 18.2 Å². The molecule has 3 rings (SSSR count). The van der Waals surface area contributed by atoms with Crippen molar-refractivity contribution >= 4 is 21.9 Å². The summed E-state index contributed by atoms with van der Waals surface area (Å²) in [5.74, 6) is -0.562. The first kappa shape index (κ1) is 11.1. The van der Waals surface area contributed by atoms with Crippen LogP contribution in [0.1, 0.15) is 0 Å². The molecule has 0 saturated heterocycles. The molecule has 0 radical (unpaired) electrons. The Hall–Kier alpha value is -2.04. The lowest BCUT2D eigenvalue weighted by Gasteiger charge is -2.06. The van der Waals surface area contributed by atoms with E-state index in [2.05, 4.69) is 0 Å². The minimum atomic E-state index is -4.61. The van der Waals surface area contributed by atoms with E-state index in [0.29, 0.717) is 5.39 Å². The zero-order chi connectivity index (χ0) is 12.9. The number of fused-ring (bicyclic) bond motifs is 3. The smallest absolute Gasteiger partial charge is 0.451 e. The van der Waals surface area contributed by atoms with Crippen molar-refractivity contribution < 1.29 is 21.6 Å². The third-order valence-electron chi connectivity index (χ3n) is 2.79. The van der Waals surface area contributed by atoms with Crippen molar-refractivity contribution in [2.24, 2.45) is 0 Å². The van der Waals surface area contributed by atoms with E-state index in [9.17, 15) is 17.6 Å². The van der Waals surface area contributed by atoms with E-state index in [-0.39, 0.29) is 16.6 Å². The van der Waals surface area contributed by atoms with Gasteiger partial charge in [0.05, 0.1) is 10.8 Å². The predicted molar refractivity (Wildman–Crippen MR) is 59.6 cm³/mol. The van der Waals surface area contributed by atoms with Crippen molar-refractivity contribution in [3.05, 3.63) is 48.3 Å². The van der Waals surface area contributed by atoms with E-state index < -0.39 is 12.2 Å². The summed E-state index contributed by atoms with van der Waals surface area (Å²) in [5.41, 5.74) is -0.171. The molecule has 0 aliphatic carbocycles. The Kier molecular flexibility index (Phi) is 2.14. The molecule has 0 saturated carbocycles. The van der Waals surface area contributed by atoms with Crippen LogP contribution in [0.2, 0.25) is 0 Å². The molecule has 1 aromatic heterocycles. The van der Waals surface area contributed by atoms with Gasteiger partial charge in [-0.2, -0.15) is 0 Å². The van der Waals surface area contributed by atoms with E-state index in [4.69, 9.17) is 0 Å². The van der Waals surface area contributed by atoms with Crippen LogP contribution < -0.4 is 0 Å². The third kappa shape index (κ3) is 1.47. The van der Waals surface area contributed by atoms with Crippen LogP contribution in [0.4, 0.5) is 17.6 Å². The van der Waals surface area contributed by atoms with Crippen LogP contribution >= 0.6 is 0 Å². The van der Waals surface area contributed by atoms with Gasteiger partial charge in [0.25, 0.3) is 11.2 Å². The molecule has 0 aliphatic rings. The molecular formula is C13H7F4O+. The van der Waals surface area contributed by atoms with Crippen molar-refractivity contribution in [3.8, 4) is 0 Å². The fourth-order valence-corrected chi connectivity index (χ4v) is 2.13. The molecule has 1 heterocycles. The maximum Gasteiger partial charge on any atom is 0.701 e. The molecule has 5 heteroatoms. The van der Waals surface area contributed by atoms with Crippen molar-refractivity contribution in [3.63, 3.8) is 0 Å². The zero-order valence-corrected chi connectivity index (χ0v) is 8.96. The molecule has 2 aromatic carbocycles. The van der Waals surface area contributed by atoms with Gasteiger partial charge >= 0.3 is 6.36 Å².